The Morgan fingerprint density at radius 1 is 1.09 bits per heavy atom. The Labute approximate surface area is 115 Å². The fourth-order valence-corrected chi connectivity index (χ4v) is 0. The van der Waals surface area contributed by atoms with E-state index < -0.39 is 15.5 Å². The smallest absolute Gasteiger partial charge is 0.759 e. The normalized spacial score (nSPS) is 7.45. The van der Waals surface area contributed by atoms with Crippen LogP contribution < -0.4 is 51.4 Å². The van der Waals surface area contributed by atoms with Crippen LogP contribution in [0, 0.1) is 15.3 Å². The van der Waals surface area contributed by atoms with Gasteiger partial charge in [0.25, 0.3) is 0 Å². The number of hydrogen-bond acceptors (Lipinski definition) is 7. The predicted octanol–water partition coefficient (Wildman–Crippen LogP) is -4.58. The minimum Gasteiger partial charge on any atom is -0.759 e. The van der Waals surface area contributed by atoms with Gasteiger partial charge in [0.15, 0.2) is 0 Å². The first-order chi connectivity index (χ1) is 3.73. The molecule has 0 spiro atoms. The first-order valence-electron chi connectivity index (χ1n) is 1.21. The molecule has 0 aromatic carbocycles. The van der Waals surface area contributed by atoms with E-state index in [1.807, 2.05) is 0 Å². The third-order valence-electron chi connectivity index (χ3n) is 0. The van der Waals surface area contributed by atoms with Crippen molar-refractivity contribution in [2.24, 2.45) is 0 Å². The Balaban J connectivity index is -0.0000000383. The van der Waals surface area contributed by atoms with Crippen molar-refractivity contribution in [3.8, 4) is 0 Å². The molecule has 11 heavy (non-hydrogen) atoms. The summed E-state index contributed by atoms with van der Waals surface area (Å²) < 4.78 is 34.1. The zero-order valence-electron chi connectivity index (χ0n) is 5.01. The number of nitrogens with zero attached hydrogens (tertiary/aromatic N) is 1. The molecule has 0 rings (SSSR count). The van der Waals surface area contributed by atoms with Crippen LogP contribution in [0.1, 0.15) is 0 Å². The van der Waals surface area contributed by atoms with Crippen molar-refractivity contribution in [3.05, 3.63) is 15.3 Å². The zero-order chi connectivity index (χ0) is 8.08. The molecule has 0 aliphatic heterocycles. The van der Waals surface area contributed by atoms with Crippen LogP contribution in [0.25, 0.3) is 0 Å². The summed E-state index contributed by atoms with van der Waals surface area (Å²) in [6, 6.07) is 0. The van der Waals surface area contributed by atoms with Gasteiger partial charge in [-0.3, -0.25) is 8.42 Å². The largest absolute Gasteiger partial charge is 2.00 e. The molecule has 11 heteroatoms. The van der Waals surface area contributed by atoms with Crippen molar-refractivity contribution in [1.82, 2.24) is 0 Å². The monoisotopic (exact) mass is 260 g/mol. The van der Waals surface area contributed by atoms with Crippen molar-refractivity contribution in [3.63, 3.8) is 0 Å². The molecule has 0 N–H and O–H groups in total. The molecule has 0 aromatic heterocycles. The van der Waals surface area contributed by atoms with Gasteiger partial charge in [0.1, 0.15) is 0 Å². The van der Waals surface area contributed by atoms with E-state index in [1.165, 1.54) is 0 Å². The summed E-state index contributed by atoms with van der Waals surface area (Å²) in [5.41, 5.74) is 0. The van der Waals surface area contributed by atoms with Gasteiger partial charge in [0, 0.05) is 10.4 Å². The molecule has 0 unspecified atom stereocenters. The van der Waals surface area contributed by atoms with Crippen LogP contribution in [0.4, 0.5) is 0 Å². The predicted molar refractivity (Wildman–Crippen MR) is 20.8 cm³/mol. The van der Waals surface area contributed by atoms with Crippen molar-refractivity contribution < 1.29 is 91.1 Å². The fourth-order valence-electron chi connectivity index (χ4n) is 0. The van der Waals surface area contributed by atoms with Crippen molar-refractivity contribution >= 4 is 10.4 Å². The Hall–Kier alpha value is 1.23. The minimum atomic E-state index is -5.17. The summed E-state index contributed by atoms with van der Waals surface area (Å²) in [6.45, 7) is 0. The molecule has 0 bridgehead atoms. The topological polar surface area (TPSA) is 146 Å². The minimum absolute atomic E-state index is 0. The first-order valence-corrected chi connectivity index (χ1v) is 2.55. The molecular formula is CuKNO7S. The quantitative estimate of drug-likeness (QED) is 0.140. The molecule has 0 aromatic rings. The summed E-state index contributed by atoms with van der Waals surface area (Å²) >= 11 is 0. The molecule has 0 fully saturated rings. The van der Waals surface area contributed by atoms with Crippen LogP contribution in [0.15, 0.2) is 0 Å². The van der Waals surface area contributed by atoms with Gasteiger partial charge >= 0.3 is 68.5 Å². The molecular weight excluding hydrogens is 261 g/mol. The van der Waals surface area contributed by atoms with Gasteiger partial charge in [-0.05, 0) is 0 Å². The summed E-state index contributed by atoms with van der Waals surface area (Å²) in [4.78, 5) is 8.25. The molecule has 0 amide bonds. The molecule has 0 heterocycles. The van der Waals surface area contributed by atoms with Crippen LogP contribution in [-0.4, -0.2) is 22.6 Å². The Morgan fingerprint density at radius 3 is 1.09 bits per heavy atom. The van der Waals surface area contributed by atoms with E-state index in [2.05, 4.69) is 0 Å². The van der Waals surface area contributed by atoms with Crippen LogP contribution in [-0.2, 0) is 27.5 Å². The first kappa shape index (κ1) is 22.8. The maximum absolute atomic E-state index is 8.52. The van der Waals surface area contributed by atoms with Crippen LogP contribution in [0.5, 0.6) is 0 Å². The van der Waals surface area contributed by atoms with Crippen LogP contribution >= 0.6 is 0 Å². The van der Waals surface area contributed by atoms with Gasteiger partial charge in [-0.2, -0.15) is 0 Å². The Kier molecular flexibility index (Phi) is 23.2. The second-order valence-electron chi connectivity index (χ2n) is 0.632. The van der Waals surface area contributed by atoms with E-state index in [9.17, 15) is 0 Å². The SMILES string of the molecule is O=S(=O)([O-])[O-].O=[N+]([O-])[O-].[Cu+2].[K+]. The summed E-state index contributed by atoms with van der Waals surface area (Å²) in [6.07, 6.45) is 0. The second-order valence-corrected chi connectivity index (χ2v) is 1.45. The molecule has 0 saturated carbocycles. The van der Waals surface area contributed by atoms with Crippen molar-refractivity contribution in [1.29, 1.82) is 0 Å². The van der Waals surface area contributed by atoms with Gasteiger partial charge in [-0.1, -0.05) is 0 Å². The molecule has 65 valence electrons. The average Bonchev–Trinajstić information content (AvgIpc) is 1.19. The van der Waals surface area contributed by atoms with Gasteiger partial charge in [0.05, 0.1) is 5.09 Å². The van der Waals surface area contributed by atoms with Crippen molar-refractivity contribution in [2.45, 2.75) is 0 Å². The van der Waals surface area contributed by atoms with E-state index >= 15 is 0 Å². The second kappa shape index (κ2) is 11.2. The summed E-state index contributed by atoms with van der Waals surface area (Å²) in [5, 5.41) is 14.8. The van der Waals surface area contributed by atoms with Gasteiger partial charge in [0.2, 0.25) is 0 Å². The zero-order valence-corrected chi connectivity index (χ0v) is 9.90. The Morgan fingerprint density at radius 2 is 1.09 bits per heavy atom. The molecule has 8 nitrogen and oxygen atoms in total. The number of hydrogen-bond donors (Lipinski definition) is 0. The molecule has 1 radical (unpaired) electrons. The van der Waals surface area contributed by atoms with Crippen molar-refractivity contribution in [2.75, 3.05) is 0 Å². The summed E-state index contributed by atoms with van der Waals surface area (Å²) in [7, 11) is -5.17. The maximum atomic E-state index is 8.52. The van der Waals surface area contributed by atoms with Crippen LogP contribution in [0.2, 0.25) is 0 Å². The fraction of sp³-hybridized carbons (Fsp3) is 0. The van der Waals surface area contributed by atoms with E-state index in [4.69, 9.17) is 32.8 Å². The van der Waals surface area contributed by atoms with E-state index in [0.717, 1.165) is 0 Å². The molecule has 0 aliphatic carbocycles. The van der Waals surface area contributed by atoms with Gasteiger partial charge in [-0.25, -0.2) is 0 Å². The van der Waals surface area contributed by atoms with E-state index in [-0.39, 0.29) is 68.5 Å². The average molecular weight is 261 g/mol. The number of rotatable bonds is 0. The van der Waals surface area contributed by atoms with E-state index in [1.54, 1.807) is 0 Å². The third-order valence-corrected chi connectivity index (χ3v) is 0. The van der Waals surface area contributed by atoms with Gasteiger partial charge in [-0.15, -0.1) is 0 Å². The molecule has 0 atom stereocenters. The third kappa shape index (κ3) is 636. The maximum Gasteiger partial charge on any atom is 2.00 e. The Bertz CT molecular complexity index is 161. The van der Waals surface area contributed by atoms with E-state index in [0.29, 0.717) is 0 Å². The molecule has 0 aliphatic rings. The standard InChI is InChI=1S/Cu.K.NO3.H2O4S/c;;2-1(3)4;1-5(2,3)4/h;;;(H2,1,2,3,4)/q+2;+1;-1;/p-2. The summed E-state index contributed by atoms with van der Waals surface area (Å²) in [5.74, 6) is 0. The molecule has 0 saturated heterocycles. The van der Waals surface area contributed by atoms with Crippen LogP contribution in [0.3, 0.4) is 0 Å². The van der Waals surface area contributed by atoms with Gasteiger partial charge < -0.3 is 24.4 Å².